The molecule has 14 heavy (non-hydrogen) atoms. The summed E-state index contributed by atoms with van der Waals surface area (Å²) >= 11 is 0. The van der Waals surface area contributed by atoms with E-state index in [9.17, 15) is 0 Å². The van der Waals surface area contributed by atoms with Crippen LogP contribution in [-0.4, -0.2) is 18.0 Å². The van der Waals surface area contributed by atoms with Gasteiger partial charge in [-0.05, 0) is 50.0 Å². The normalized spacial score (nSPS) is 17.5. The summed E-state index contributed by atoms with van der Waals surface area (Å²) in [6, 6.07) is 6.21. The minimum absolute atomic E-state index is 0.918. The van der Waals surface area contributed by atoms with E-state index in [-0.39, 0.29) is 0 Å². The zero-order chi connectivity index (χ0) is 9.97. The molecule has 76 valence electrons. The SMILES string of the molecule is Cc1c(N)cccc1CN1CCCC1. The van der Waals surface area contributed by atoms with Crippen molar-refractivity contribution < 1.29 is 0 Å². The predicted octanol–water partition coefficient (Wildman–Crippen LogP) is 2.17. The lowest BCUT2D eigenvalue weighted by molar-refractivity contribution is 0.331. The van der Waals surface area contributed by atoms with Gasteiger partial charge in [0.15, 0.2) is 0 Å². The van der Waals surface area contributed by atoms with Crippen molar-refractivity contribution in [1.29, 1.82) is 0 Å². The molecular formula is C12H18N2. The molecule has 1 aromatic rings. The van der Waals surface area contributed by atoms with Crippen LogP contribution in [0.2, 0.25) is 0 Å². The minimum Gasteiger partial charge on any atom is -0.399 e. The summed E-state index contributed by atoms with van der Waals surface area (Å²) in [4.78, 5) is 2.50. The van der Waals surface area contributed by atoms with E-state index in [4.69, 9.17) is 5.73 Å². The molecule has 2 N–H and O–H groups in total. The Balaban J connectivity index is 2.11. The Morgan fingerprint density at radius 1 is 1.29 bits per heavy atom. The second-order valence-electron chi connectivity index (χ2n) is 4.11. The molecule has 0 saturated carbocycles. The number of hydrogen-bond acceptors (Lipinski definition) is 2. The number of nitrogens with zero attached hydrogens (tertiary/aromatic N) is 1. The first-order valence-electron chi connectivity index (χ1n) is 5.33. The van der Waals surface area contributed by atoms with Crippen LogP contribution in [0.5, 0.6) is 0 Å². The summed E-state index contributed by atoms with van der Waals surface area (Å²) < 4.78 is 0. The topological polar surface area (TPSA) is 29.3 Å². The van der Waals surface area contributed by atoms with Gasteiger partial charge in [-0.25, -0.2) is 0 Å². The molecule has 0 amide bonds. The van der Waals surface area contributed by atoms with E-state index < -0.39 is 0 Å². The summed E-state index contributed by atoms with van der Waals surface area (Å²) in [6.45, 7) is 5.67. The van der Waals surface area contributed by atoms with Crippen molar-refractivity contribution in [2.24, 2.45) is 0 Å². The maximum atomic E-state index is 5.88. The van der Waals surface area contributed by atoms with E-state index in [0.29, 0.717) is 0 Å². The Kier molecular flexibility index (Phi) is 2.73. The summed E-state index contributed by atoms with van der Waals surface area (Å²) in [5, 5.41) is 0. The quantitative estimate of drug-likeness (QED) is 0.724. The first-order valence-corrected chi connectivity index (χ1v) is 5.33. The third-order valence-corrected chi connectivity index (χ3v) is 3.08. The number of likely N-dealkylation sites (tertiary alicyclic amines) is 1. The Bertz CT molecular complexity index is 314. The highest BCUT2D eigenvalue weighted by atomic mass is 15.1. The number of rotatable bonds is 2. The van der Waals surface area contributed by atoms with Crippen LogP contribution in [0, 0.1) is 6.92 Å². The summed E-state index contributed by atoms with van der Waals surface area (Å²) in [5.74, 6) is 0. The van der Waals surface area contributed by atoms with Gasteiger partial charge in [-0.15, -0.1) is 0 Å². The molecule has 1 fully saturated rings. The standard InChI is InChI=1S/C12H18N2/c1-10-11(5-4-6-12(10)13)9-14-7-2-3-8-14/h4-6H,2-3,7-9,13H2,1H3. The van der Waals surface area contributed by atoms with Crippen LogP contribution in [0.15, 0.2) is 18.2 Å². The van der Waals surface area contributed by atoms with Crippen LogP contribution in [0.25, 0.3) is 0 Å². The molecule has 0 aliphatic carbocycles. The second-order valence-corrected chi connectivity index (χ2v) is 4.11. The molecule has 0 spiro atoms. The van der Waals surface area contributed by atoms with Gasteiger partial charge in [0.05, 0.1) is 0 Å². The molecule has 1 aliphatic rings. The van der Waals surface area contributed by atoms with Crippen molar-refractivity contribution in [3.05, 3.63) is 29.3 Å². The highest BCUT2D eigenvalue weighted by molar-refractivity contribution is 5.49. The third-order valence-electron chi connectivity index (χ3n) is 3.08. The lowest BCUT2D eigenvalue weighted by Crippen LogP contribution is -2.19. The number of nitrogens with two attached hydrogens (primary N) is 1. The second kappa shape index (κ2) is 4.01. The molecule has 0 radical (unpaired) electrons. The predicted molar refractivity (Wildman–Crippen MR) is 60.1 cm³/mol. The van der Waals surface area contributed by atoms with Crippen molar-refractivity contribution in [2.45, 2.75) is 26.3 Å². The van der Waals surface area contributed by atoms with E-state index in [0.717, 1.165) is 12.2 Å². The average Bonchev–Trinajstić information content (AvgIpc) is 2.66. The first kappa shape index (κ1) is 9.53. The van der Waals surface area contributed by atoms with Crippen LogP contribution in [0.1, 0.15) is 24.0 Å². The zero-order valence-electron chi connectivity index (χ0n) is 8.79. The number of anilines is 1. The Labute approximate surface area is 85.7 Å². The van der Waals surface area contributed by atoms with E-state index in [1.165, 1.54) is 37.1 Å². The highest BCUT2D eigenvalue weighted by Gasteiger charge is 2.12. The molecule has 2 nitrogen and oxygen atoms in total. The summed E-state index contributed by atoms with van der Waals surface area (Å²) in [7, 11) is 0. The fourth-order valence-electron chi connectivity index (χ4n) is 2.06. The van der Waals surface area contributed by atoms with Gasteiger partial charge in [0.25, 0.3) is 0 Å². The number of nitrogen functional groups attached to an aromatic ring is 1. The van der Waals surface area contributed by atoms with Crippen molar-refractivity contribution in [2.75, 3.05) is 18.8 Å². The molecule has 1 saturated heterocycles. The van der Waals surface area contributed by atoms with Crippen LogP contribution in [0.4, 0.5) is 5.69 Å². The van der Waals surface area contributed by atoms with Gasteiger partial charge in [0, 0.05) is 12.2 Å². The first-order chi connectivity index (χ1) is 6.77. The molecule has 2 heteroatoms. The van der Waals surface area contributed by atoms with Gasteiger partial charge in [-0.1, -0.05) is 12.1 Å². The lowest BCUT2D eigenvalue weighted by atomic mass is 10.1. The Morgan fingerprint density at radius 3 is 2.71 bits per heavy atom. The van der Waals surface area contributed by atoms with Crippen molar-refractivity contribution in [3.8, 4) is 0 Å². The Morgan fingerprint density at radius 2 is 2.00 bits per heavy atom. The van der Waals surface area contributed by atoms with E-state index in [1.807, 2.05) is 12.1 Å². The van der Waals surface area contributed by atoms with Gasteiger partial charge in [0.2, 0.25) is 0 Å². The lowest BCUT2D eigenvalue weighted by Gasteiger charge is -2.16. The molecule has 0 bridgehead atoms. The van der Waals surface area contributed by atoms with Gasteiger partial charge >= 0.3 is 0 Å². The van der Waals surface area contributed by atoms with Crippen molar-refractivity contribution >= 4 is 5.69 Å². The number of hydrogen-bond donors (Lipinski definition) is 1. The molecule has 0 atom stereocenters. The van der Waals surface area contributed by atoms with E-state index in [2.05, 4.69) is 17.9 Å². The van der Waals surface area contributed by atoms with E-state index in [1.54, 1.807) is 0 Å². The van der Waals surface area contributed by atoms with E-state index >= 15 is 0 Å². The average molecular weight is 190 g/mol. The molecule has 1 aromatic carbocycles. The maximum absolute atomic E-state index is 5.88. The fraction of sp³-hybridized carbons (Fsp3) is 0.500. The van der Waals surface area contributed by atoms with Gasteiger partial charge in [0.1, 0.15) is 0 Å². The summed E-state index contributed by atoms with van der Waals surface area (Å²) in [6.07, 6.45) is 2.70. The van der Waals surface area contributed by atoms with Crippen LogP contribution < -0.4 is 5.73 Å². The molecule has 1 aliphatic heterocycles. The molecule has 0 aromatic heterocycles. The zero-order valence-corrected chi connectivity index (χ0v) is 8.79. The molecule has 2 rings (SSSR count). The third kappa shape index (κ3) is 1.90. The summed E-state index contributed by atoms with van der Waals surface area (Å²) in [5.41, 5.74) is 9.43. The monoisotopic (exact) mass is 190 g/mol. The van der Waals surface area contributed by atoms with Crippen molar-refractivity contribution in [3.63, 3.8) is 0 Å². The number of benzene rings is 1. The molecule has 1 heterocycles. The fourth-order valence-corrected chi connectivity index (χ4v) is 2.06. The van der Waals surface area contributed by atoms with Gasteiger partial charge < -0.3 is 5.73 Å². The van der Waals surface area contributed by atoms with Gasteiger partial charge in [-0.3, -0.25) is 4.90 Å². The minimum atomic E-state index is 0.918. The largest absolute Gasteiger partial charge is 0.399 e. The van der Waals surface area contributed by atoms with Crippen molar-refractivity contribution in [1.82, 2.24) is 4.90 Å². The molecular weight excluding hydrogens is 172 g/mol. The highest BCUT2D eigenvalue weighted by Crippen LogP contribution is 2.19. The van der Waals surface area contributed by atoms with Gasteiger partial charge in [-0.2, -0.15) is 0 Å². The maximum Gasteiger partial charge on any atom is 0.0346 e. The smallest absolute Gasteiger partial charge is 0.0346 e. The van der Waals surface area contributed by atoms with Crippen LogP contribution in [0.3, 0.4) is 0 Å². The van der Waals surface area contributed by atoms with Crippen LogP contribution in [-0.2, 0) is 6.54 Å². The van der Waals surface area contributed by atoms with Crippen LogP contribution >= 0.6 is 0 Å². The Hall–Kier alpha value is -1.02. The molecule has 0 unspecified atom stereocenters.